The summed E-state index contributed by atoms with van der Waals surface area (Å²) >= 11 is 0. The van der Waals surface area contributed by atoms with Crippen molar-refractivity contribution in [2.24, 2.45) is 4.99 Å². The monoisotopic (exact) mass is 386 g/mol. The minimum atomic E-state index is -1.38. The van der Waals surface area contributed by atoms with E-state index in [1.807, 2.05) is 0 Å². The predicted molar refractivity (Wildman–Crippen MR) is 96.8 cm³/mol. The van der Waals surface area contributed by atoms with Crippen LogP contribution in [0, 0.1) is 0 Å². The molecule has 5 N–H and O–H groups in total. The second-order valence-electron chi connectivity index (χ2n) is 6.02. The van der Waals surface area contributed by atoms with Crippen molar-refractivity contribution in [3.63, 3.8) is 0 Å². The molecule has 1 aromatic carbocycles. The van der Waals surface area contributed by atoms with Gasteiger partial charge in [-0.3, -0.25) is 4.99 Å². The molecule has 0 saturated heterocycles. The molecule has 144 valence electrons. The van der Waals surface area contributed by atoms with Crippen molar-refractivity contribution in [1.82, 2.24) is 4.57 Å². The number of carboxylic acid groups (broad SMARTS) is 3. The highest BCUT2D eigenvalue weighted by molar-refractivity contribution is 6.41. The van der Waals surface area contributed by atoms with Gasteiger partial charge in [-0.05, 0) is 29.9 Å². The number of aromatic carboxylic acids is 1. The minimum absolute atomic E-state index is 0.0732. The van der Waals surface area contributed by atoms with Crippen molar-refractivity contribution in [3.8, 4) is 11.5 Å². The van der Waals surface area contributed by atoms with Gasteiger partial charge in [0, 0.05) is 24.1 Å². The van der Waals surface area contributed by atoms with Crippen molar-refractivity contribution >= 4 is 40.7 Å². The molecular formula is C18H14N2O8. The lowest BCUT2D eigenvalue weighted by atomic mass is 10.0. The number of carbonyl (C=O) groups is 3. The van der Waals surface area contributed by atoms with Gasteiger partial charge in [-0.25, -0.2) is 14.4 Å². The zero-order chi connectivity index (χ0) is 20.6. The van der Waals surface area contributed by atoms with Crippen LogP contribution in [0.15, 0.2) is 40.9 Å². The maximum atomic E-state index is 11.5. The van der Waals surface area contributed by atoms with E-state index in [2.05, 4.69) is 4.99 Å². The Hall–Kier alpha value is -4.08. The van der Waals surface area contributed by atoms with Crippen LogP contribution in [0.1, 0.15) is 16.9 Å². The van der Waals surface area contributed by atoms with Gasteiger partial charge >= 0.3 is 17.9 Å². The summed E-state index contributed by atoms with van der Waals surface area (Å²) in [5, 5.41) is 47.3. The second-order valence-corrected chi connectivity index (χ2v) is 6.02. The third-order valence-electron chi connectivity index (χ3n) is 4.14. The Labute approximate surface area is 156 Å². The highest BCUT2D eigenvalue weighted by Crippen LogP contribution is 2.32. The number of aromatic hydroxyl groups is 2. The number of aliphatic carboxylic acids is 2. The number of dihydropyridines is 1. The molecule has 10 nitrogen and oxygen atoms in total. The van der Waals surface area contributed by atoms with Crippen LogP contribution in [0.3, 0.4) is 0 Å². The van der Waals surface area contributed by atoms with Crippen LogP contribution in [-0.4, -0.2) is 59.8 Å². The molecule has 0 spiro atoms. The van der Waals surface area contributed by atoms with Gasteiger partial charge in [-0.15, -0.1) is 0 Å². The molecule has 10 heteroatoms. The summed E-state index contributed by atoms with van der Waals surface area (Å²) in [6.07, 6.45) is 3.82. The van der Waals surface area contributed by atoms with Gasteiger partial charge in [0.15, 0.2) is 17.5 Å². The molecule has 0 saturated carbocycles. The van der Waals surface area contributed by atoms with Crippen molar-refractivity contribution < 1.29 is 39.9 Å². The minimum Gasteiger partial charge on any atom is -0.504 e. The Morgan fingerprint density at radius 3 is 2.32 bits per heavy atom. The van der Waals surface area contributed by atoms with E-state index in [-0.39, 0.29) is 17.6 Å². The summed E-state index contributed by atoms with van der Waals surface area (Å²) in [5.41, 5.74) is 0.00881. The molecule has 28 heavy (non-hydrogen) atoms. The van der Waals surface area contributed by atoms with E-state index < -0.39 is 41.2 Å². The Bertz CT molecular complexity index is 1110. The molecule has 2 aromatic rings. The largest absolute Gasteiger partial charge is 0.504 e. The fourth-order valence-electron chi connectivity index (χ4n) is 2.83. The molecule has 1 aliphatic heterocycles. The number of nitrogens with zero attached hydrogens (tertiary/aromatic N) is 2. The average Bonchev–Trinajstić information content (AvgIpc) is 2.97. The zero-order valence-corrected chi connectivity index (χ0v) is 14.1. The molecule has 0 aliphatic carbocycles. The van der Waals surface area contributed by atoms with Gasteiger partial charge in [-0.2, -0.15) is 0 Å². The van der Waals surface area contributed by atoms with Crippen LogP contribution in [0.25, 0.3) is 17.1 Å². The van der Waals surface area contributed by atoms with Crippen molar-refractivity contribution in [2.75, 3.05) is 0 Å². The molecule has 3 rings (SSSR count). The van der Waals surface area contributed by atoms with Crippen LogP contribution >= 0.6 is 0 Å². The summed E-state index contributed by atoms with van der Waals surface area (Å²) in [5.74, 6) is -4.79. The Kier molecular flexibility index (Phi) is 4.62. The maximum absolute atomic E-state index is 11.5. The highest BCUT2D eigenvalue weighted by Gasteiger charge is 2.24. The first-order valence-electron chi connectivity index (χ1n) is 7.90. The smallest absolute Gasteiger partial charge is 0.354 e. The van der Waals surface area contributed by atoms with Gasteiger partial charge in [0.25, 0.3) is 0 Å². The summed E-state index contributed by atoms with van der Waals surface area (Å²) in [6.45, 7) is 0. The average molecular weight is 386 g/mol. The summed E-state index contributed by atoms with van der Waals surface area (Å²) < 4.78 is 1.22. The van der Waals surface area contributed by atoms with E-state index in [1.54, 1.807) is 0 Å². The number of allylic oxidation sites excluding steroid dienone is 1. The molecule has 0 amide bonds. The van der Waals surface area contributed by atoms with Gasteiger partial charge < -0.3 is 30.1 Å². The Morgan fingerprint density at radius 1 is 1.04 bits per heavy atom. The highest BCUT2D eigenvalue weighted by atomic mass is 16.4. The first kappa shape index (κ1) is 18.7. The summed E-state index contributed by atoms with van der Waals surface area (Å²) in [6, 6.07) is 2.41. The number of phenolic OH excluding ortho intramolecular Hbond substituents is 2. The summed E-state index contributed by atoms with van der Waals surface area (Å²) in [7, 11) is 0. The van der Waals surface area contributed by atoms with Crippen molar-refractivity contribution in [2.45, 2.75) is 12.5 Å². The van der Waals surface area contributed by atoms with Gasteiger partial charge in [0.1, 0.15) is 11.4 Å². The quantitative estimate of drug-likeness (QED) is 0.482. The lowest BCUT2D eigenvalue weighted by molar-refractivity contribution is -0.138. The topological polar surface area (TPSA) is 170 Å². The lowest BCUT2D eigenvalue weighted by Crippen LogP contribution is -2.26. The number of hydrogen-bond donors (Lipinski definition) is 5. The van der Waals surface area contributed by atoms with Crippen LogP contribution < -0.4 is 0 Å². The van der Waals surface area contributed by atoms with E-state index in [9.17, 15) is 29.7 Å². The van der Waals surface area contributed by atoms with E-state index in [0.717, 1.165) is 0 Å². The molecular weight excluding hydrogens is 372 g/mol. The number of aromatic nitrogens is 1. The predicted octanol–water partition coefficient (Wildman–Crippen LogP) is 1.53. The van der Waals surface area contributed by atoms with Crippen molar-refractivity contribution in [1.29, 1.82) is 0 Å². The maximum Gasteiger partial charge on any atom is 0.354 e. The molecule has 0 radical (unpaired) electrons. The first-order chi connectivity index (χ1) is 13.2. The molecule has 2 heterocycles. The van der Waals surface area contributed by atoms with Crippen LogP contribution in [0.4, 0.5) is 0 Å². The number of rotatable bonds is 5. The summed E-state index contributed by atoms with van der Waals surface area (Å²) in [4.78, 5) is 37.5. The molecule has 0 fully saturated rings. The van der Waals surface area contributed by atoms with E-state index in [1.165, 1.54) is 41.1 Å². The van der Waals surface area contributed by atoms with Crippen LogP contribution in [0.2, 0.25) is 0 Å². The van der Waals surface area contributed by atoms with Crippen molar-refractivity contribution in [3.05, 3.63) is 41.6 Å². The van der Waals surface area contributed by atoms with Gasteiger partial charge in [0.2, 0.25) is 0 Å². The molecule has 0 bridgehead atoms. The Morgan fingerprint density at radius 2 is 1.71 bits per heavy atom. The fraction of sp³-hybridized carbons (Fsp3) is 0.111. The van der Waals surface area contributed by atoms with E-state index >= 15 is 0 Å². The van der Waals surface area contributed by atoms with E-state index in [0.29, 0.717) is 11.0 Å². The Balaban J connectivity index is 2.07. The fourth-order valence-corrected chi connectivity index (χ4v) is 2.83. The third kappa shape index (κ3) is 3.43. The molecule has 1 aromatic heterocycles. The van der Waals surface area contributed by atoms with Gasteiger partial charge in [-0.1, -0.05) is 0 Å². The SMILES string of the molecule is O=C(O)C1=NC(C(=O)O)CC(/C=C/n2c(C(=O)O)cc3cc(O)c(O)cc32)=C1. The van der Waals surface area contributed by atoms with E-state index in [4.69, 9.17) is 10.2 Å². The molecule has 1 atom stereocenters. The van der Waals surface area contributed by atoms with Gasteiger partial charge in [0.05, 0.1) is 5.52 Å². The number of phenols is 2. The number of hydrogen-bond acceptors (Lipinski definition) is 6. The standard InChI is InChI=1S/C18H14N2O8/c21-14-6-9-5-13(18(27)28)20(12(9)7-15(14)22)2-1-8-3-10(16(23)24)19-11(4-8)17(25)26/h1-3,5-7,11,21-22H,4H2,(H,23,24)(H,25,26)(H,27,28)/b2-1+. The van der Waals surface area contributed by atoms with Crippen LogP contribution in [0.5, 0.6) is 11.5 Å². The first-order valence-corrected chi connectivity index (χ1v) is 7.90. The molecule has 1 unspecified atom stereocenters. The number of aliphatic imine (C=N–C) groups is 1. The molecule has 1 aliphatic rings. The number of carboxylic acids is 3. The second kappa shape index (κ2) is 6.91. The normalized spacial score (nSPS) is 16.8. The number of benzene rings is 1. The third-order valence-corrected chi connectivity index (χ3v) is 4.14. The number of fused-ring (bicyclic) bond motifs is 1. The van der Waals surface area contributed by atoms with Crippen LogP contribution in [-0.2, 0) is 9.59 Å². The lowest BCUT2D eigenvalue weighted by Gasteiger charge is -2.14. The zero-order valence-electron chi connectivity index (χ0n) is 14.1.